The molecule has 0 unspecified atom stereocenters. The fourth-order valence-electron chi connectivity index (χ4n) is 1.47. The number of hydrogen-bond acceptors (Lipinski definition) is 4. The number of carbonyl (C=O) groups is 1. The Hall–Kier alpha value is -1.63. The van der Waals surface area contributed by atoms with E-state index in [9.17, 15) is 4.79 Å². The minimum atomic E-state index is -0.384. The topological polar surface area (TPSA) is 77.2 Å². The van der Waals surface area contributed by atoms with E-state index >= 15 is 0 Å². The molecule has 0 radical (unpaired) electrons. The number of hydrogen-bond donors (Lipinski definition) is 2. The first-order valence-corrected chi connectivity index (χ1v) is 6.81. The van der Waals surface area contributed by atoms with Crippen LogP contribution in [0.3, 0.4) is 0 Å². The summed E-state index contributed by atoms with van der Waals surface area (Å²) in [7, 11) is 0. The van der Waals surface area contributed by atoms with Crippen LogP contribution in [0.15, 0.2) is 41.0 Å². The second-order valence-electron chi connectivity index (χ2n) is 3.88. The molecule has 0 fully saturated rings. The fourth-order valence-corrected chi connectivity index (χ4v) is 2.27. The number of aromatic nitrogens is 1. The Kier molecular flexibility index (Phi) is 4.94. The third kappa shape index (κ3) is 3.69. The number of carbonyl (C=O) groups excluding carboxylic acids is 1. The second-order valence-corrected chi connectivity index (χ2v) is 5.17. The molecule has 0 aliphatic rings. The average Bonchev–Trinajstić information content (AvgIpc) is 2.46. The van der Waals surface area contributed by atoms with Crippen LogP contribution in [0.25, 0.3) is 0 Å². The largest absolute Gasteiger partial charge is 0.486 e. The molecule has 104 valence electrons. The molecular formula is C13H11BrClN3O2. The number of pyridine rings is 1. The van der Waals surface area contributed by atoms with Gasteiger partial charge in [-0.05, 0) is 46.3 Å². The van der Waals surface area contributed by atoms with Crippen molar-refractivity contribution in [2.75, 3.05) is 0 Å². The van der Waals surface area contributed by atoms with E-state index in [0.29, 0.717) is 22.0 Å². The lowest BCUT2D eigenvalue weighted by molar-refractivity contribution is 0.0953. The van der Waals surface area contributed by atoms with Crippen molar-refractivity contribution < 1.29 is 9.53 Å². The quantitative estimate of drug-likeness (QED) is 0.501. The Morgan fingerprint density at radius 1 is 1.40 bits per heavy atom. The minimum Gasteiger partial charge on any atom is -0.486 e. The molecule has 7 heteroatoms. The van der Waals surface area contributed by atoms with Gasteiger partial charge in [0.2, 0.25) is 0 Å². The van der Waals surface area contributed by atoms with E-state index in [-0.39, 0.29) is 12.5 Å². The van der Waals surface area contributed by atoms with Gasteiger partial charge in [-0.1, -0.05) is 11.6 Å². The molecule has 1 amide bonds. The number of ether oxygens (including phenoxy) is 1. The van der Waals surface area contributed by atoms with E-state index in [4.69, 9.17) is 22.2 Å². The molecule has 5 nitrogen and oxygen atoms in total. The van der Waals surface area contributed by atoms with Crippen LogP contribution in [-0.2, 0) is 6.61 Å². The molecule has 0 bridgehead atoms. The molecule has 2 rings (SSSR count). The van der Waals surface area contributed by atoms with Crippen molar-refractivity contribution in [3.8, 4) is 5.75 Å². The van der Waals surface area contributed by atoms with Crippen molar-refractivity contribution in [1.82, 2.24) is 10.4 Å². The minimum absolute atomic E-state index is 0.282. The molecule has 0 aliphatic carbocycles. The summed E-state index contributed by atoms with van der Waals surface area (Å²) >= 11 is 9.21. The maximum Gasteiger partial charge on any atom is 0.266 e. The highest BCUT2D eigenvalue weighted by Crippen LogP contribution is 2.28. The smallest absolute Gasteiger partial charge is 0.266 e. The van der Waals surface area contributed by atoms with Gasteiger partial charge >= 0.3 is 0 Å². The van der Waals surface area contributed by atoms with Crippen LogP contribution in [0.4, 0.5) is 0 Å². The van der Waals surface area contributed by atoms with E-state index < -0.39 is 0 Å². The fraction of sp³-hybridized carbons (Fsp3) is 0.0769. The first-order chi connectivity index (χ1) is 9.60. The van der Waals surface area contributed by atoms with Crippen LogP contribution in [0.1, 0.15) is 16.1 Å². The highest BCUT2D eigenvalue weighted by Gasteiger charge is 2.06. The number of nitrogens with two attached hydrogens (primary N) is 1. The van der Waals surface area contributed by atoms with E-state index in [0.717, 1.165) is 4.47 Å². The van der Waals surface area contributed by atoms with Crippen LogP contribution in [0, 0.1) is 0 Å². The van der Waals surface area contributed by atoms with Gasteiger partial charge in [-0.2, -0.15) is 0 Å². The molecule has 20 heavy (non-hydrogen) atoms. The highest BCUT2D eigenvalue weighted by molar-refractivity contribution is 9.10. The monoisotopic (exact) mass is 355 g/mol. The van der Waals surface area contributed by atoms with Gasteiger partial charge < -0.3 is 4.74 Å². The lowest BCUT2D eigenvalue weighted by atomic mass is 10.2. The number of halogens is 2. The van der Waals surface area contributed by atoms with E-state index in [2.05, 4.69) is 20.9 Å². The first kappa shape index (κ1) is 14.8. The maximum atomic E-state index is 11.3. The summed E-state index contributed by atoms with van der Waals surface area (Å²) in [5.41, 5.74) is 3.13. The summed E-state index contributed by atoms with van der Waals surface area (Å²) < 4.78 is 6.38. The average molecular weight is 357 g/mol. The van der Waals surface area contributed by atoms with Gasteiger partial charge in [0.05, 0.1) is 15.7 Å². The molecule has 1 aromatic heterocycles. The van der Waals surface area contributed by atoms with Crippen LogP contribution >= 0.6 is 27.5 Å². The summed E-state index contributed by atoms with van der Waals surface area (Å²) in [6.07, 6.45) is 1.44. The van der Waals surface area contributed by atoms with Crippen molar-refractivity contribution in [3.05, 3.63) is 57.3 Å². The first-order valence-electron chi connectivity index (χ1n) is 5.64. The van der Waals surface area contributed by atoms with Crippen molar-refractivity contribution in [1.29, 1.82) is 0 Å². The van der Waals surface area contributed by atoms with Crippen molar-refractivity contribution in [2.24, 2.45) is 5.84 Å². The number of benzene rings is 1. The van der Waals surface area contributed by atoms with Crippen LogP contribution in [-0.4, -0.2) is 10.9 Å². The lowest BCUT2D eigenvalue weighted by Crippen LogP contribution is -2.30. The molecule has 0 aliphatic heterocycles. The van der Waals surface area contributed by atoms with E-state index in [1.54, 1.807) is 30.3 Å². The van der Waals surface area contributed by atoms with Crippen LogP contribution in [0.5, 0.6) is 5.75 Å². The molecule has 2 aromatic rings. The summed E-state index contributed by atoms with van der Waals surface area (Å²) in [5, 5.41) is 0.625. The SMILES string of the molecule is NNC(=O)c1ccc(COc2ccc(Cl)cc2Br)nc1. The highest BCUT2D eigenvalue weighted by atomic mass is 79.9. The third-order valence-corrected chi connectivity index (χ3v) is 3.34. The third-order valence-electron chi connectivity index (χ3n) is 2.49. The zero-order chi connectivity index (χ0) is 14.5. The lowest BCUT2D eigenvalue weighted by Gasteiger charge is -2.08. The molecule has 0 saturated carbocycles. The number of nitrogen functional groups attached to an aromatic ring is 1. The molecule has 3 N–H and O–H groups in total. The molecule has 0 saturated heterocycles. The Morgan fingerprint density at radius 2 is 2.20 bits per heavy atom. The van der Waals surface area contributed by atoms with Crippen molar-refractivity contribution >= 4 is 33.4 Å². The van der Waals surface area contributed by atoms with Gasteiger partial charge in [-0.25, -0.2) is 5.84 Å². The summed E-state index contributed by atoms with van der Waals surface area (Å²) in [5.74, 6) is 5.32. The predicted molar refractivity (Wildman–Crippen MR) is 79.4 cm³/mol. The zero-order valence-electron chi connectivity index (χ0n) is 10.3. The number of nitrogens with zero attached hydrogens (tertiary/aromatic N) is 1. The maximum absolute atomic E-state index is 11.3. The number of amides is 1. The van der Waals surface area contributed by atoms with Gasteiger partial charge in [0.1, 0.15) is 12.4 Å². The van der Waals surface area contributed by atoms with Crippen LogP contribution < -0.4 is 16.0 Å². The van der Waals surface area contributed by atoms with Gasteiger partial charge in [0, 0.05) is 11.2 Å². The predicted octanol–water partition coefficient (Wildman–Crippen LogP) is 2.68. The Balaban J connectivity index is 2.02. The number of hydrazine groups is 1. The summed E-state index contributed by atoms with van der Waals surface area (Å²) in [4.78, 5) is 15.4. The summed E-state index contributed by atoms with van der Waals surface area (Å²) in [6, 6.07) is 8.59. The number of nitrogens with one attached hydrogen (secondary N) is 1. The van der Waals surface area contributed by atoms with Gasteiger partial charge in [-0.15, -0.1) is 0 Å². The van der Waals surface area contributed by atoms with E-state index in [1.165, 1.54) is 6.20 Å². The van der Waals surface area contributed by atoms with Gasteiger partial charge in [0.25, 0.3) is 5.91 Å². The molecule has 0 spiro atoms. The summed E-state index contributed by atoms with van der Waals surface area (Å²) in [6.45, 7) is 0.282. The number of rotatable bonds is 4. The molecule has 1 aromatic carbocycles. The Morgan fingerprint density at radius 3 is 2.80 bits per heavy atom. The molecular weight excluding hydrogens is 346 g/mol. The molecule has 0 atom stereocenters. The van der Waals surface area contributed by atoms with Crippen molar-refractivity contribution in [2.45, 2.75) is 6.61 Å². The van der Waals surface area contributed by atoms with Gasteiger partial charge in [0.15, 0.2) is 0 Å². The zero-order valence-corrected chi connectivity index (χ0v) is 12.6. The molecule has 1 heterocycles. The van der Waals surface area contributed by atoms with E-state index in [1.807, 2.05) is 5.43 Å². The Labute approximate surface area is 129 Å². The second kappa shape index (κ2) is 6.69. The van der Waals surface area contributed by atoms with Crippen molar-refractivity contribution in [3.63, 3.8) is 0 Å². The normalized spacial score (nSPS) is 10.2. The standard InChI is InChI=1S/C13H11BrClN3O2/c14-11-5-9(15)2-4-12(11)20-7-10-3-1-8(6-17-10)13(19)18-16/h1-6H,7,16H2,(H,18,19). The van der Waals surface area contributed by atoms with Crippen LogP contribution in [0.2, 0.25) is 5.02 Å². The van der Waals surface area contributed by atoms with Gasteiger partial charge in [-0.3, -0.25) is 15.2 Å². The Bertz CT molecular complexity index is 620.